The quantitative estimate of drug-likeness (QED) is 0.888. The second kappa shape index (κ2) is 5.14. The summed E-state index contributed by atoms with van der Waals surface area (Å²) in [5.74, 6) is 0. The van der Waals surface area contributed by atoms with Crippen molar-refractivity contribution in [1.82, 2.24) is 9.47 Å². The van der Waals surface area contributed by atoms with E-state index in [1.807, 2.05) is 10.6 Å². The minimum atomic E-state index is -0.0203. The van der Waals surface area contributed by atoms with E-state index in [2.05, 4.69) is 25.7 Å². The van der Waals surface area contributed by atoms with Crippen LogP contribution in [-0.2, 0) is 13.0 Å². The summed E-state index contributed by atoms with van der Waals surface area (Å²) in [6.07, 6.45) is 1.90. The molecule has 1 unspecified atom stereocenters. The maximum absolute atomic E-state index is 12.2. The molecule has 0 aliphatic carbocycles. The van der Waals surface area contributed by atoms with E-state index in [1.165, 1.54) is 11.3 Å². The number of fused-ring (bicyclic) bond motifs is 1. The fourth-order valence-electron chi connectivity index (χ4n) is 2.67. The Bertz CT molecular complexity index is 493. The lowest BCUT2D eigenvalue weighted by molar-refractivity contribution is 0.259. The first-order valence-corrected chi connectivity index (χ1v) is 6.83. The Balaban J connectivity index is 2.53. The molecular weight excluding hydrogens is 226 g/mol. The Morgan fingerprint density at radius 1 is 1.44 bits per heavy atom. The van der Waals surface area contributed by atoms with Gasteiger partial charge in [-0.2, -0.15) is 0 Å². The van der Waals surface area contributed by atoms with E-state index in [4.69, 9.17) is 5.73 Å². The summed E-state index contributed by atoms with van der Waals surface area (Å²) >= 11 is 0. The Kier molecular flexibility index (Phi) is 3.76. The fraction of sp³-hybridized carbons (Fsp3) is 0.643. The minimum absolute atomic E-state index is 0.0203. The van der Waals surface area contributed by atoms with Crippen LogP contribution in [0.25, 0.3) is 0 Å². The highest BCUT2D eigenvalue weighted by atomic mass is 16.1. The molecule has 2 N–H and O–H groups in total. The van der Waals surface area contributed by atoms with Gasteiger partial charge in [-0.05, 0) is 31.5 Å². The Morgan fingerprint density at radius 3 is 2.78 bits per heavy atom. The maximum atomic E-state index is 12.2. The summed E-state index contributed by atoms with van der Waals surface area (Å²) in [5.41, 5.74) is 8.64. The molecule has 0 saturated carbocycles. The molecule has 18 heavy (non-hydrogen) atoms. The van der Waals surface area contributed by atoms with E-state index in [1.54, 1.807) is 0 Å². The average Bonchev–Trinajstić information content (AvgIpc) is 2.39. The van der Waals surface area contributed by atoms with Crippen molar-refractivity contribution < 1.29 is 0 Å². The number of rotatable bonds is 3. The number of hydrogen-bond acceptors (Lipinski definition) is 3. The van der Waals surface area contributed by atoms with Gasteiger partial charge in [0.05, 0.1) is 5.69 Å². The Morgan fingerprint density at radius 2 is 2.17 bits per heavy atom. The zero-order valence-electron chi connectivity index (χ0n) is 11.6. The molecule has 0 spiro atoms. The second-order valence-electron chi connectivity index (χ2n) is 5.12. The highest BCUT2D eigenvalue weighted by Gasteiger charge is 2.22. The highest BCUT2D eigenvalue weighted by Crippen LogP contribution is 2.22. The highest BCUT2D eigenvalue weighted by molar-refractivity contribution is 5.42. The van der Waals surface area contributed by atoms with E-state index in [-0.39, 0.29) is 11.6 Å². The first kappa shape index (κ1) is 13.1. The molecule has 4 heteroatoms. The molecule has 0 radical (unpaired) electrons. The molecule has 2 rings (SSSR count). The molecule has 0 fully saturated rings. The monoisotopic (exact) mass is 249 g/mol. The van der Waals surface area contributed by atoms with Crippen molar-refractivity contribution in [1.29, 1.82) is 0 Å². The van der Waals surface area contributed by atoms with Crippen molar-refractivity contribution in [2.24, 2.45) is 0 Å². The number of likely N-dealkylation sites (N-methyl/N-ethyl adjacent to an activating group) is 1. The molecule has 1 aliphatic rings. The summed E-state index contributed by atoms with van der Waals surface area (Å²) in [7, 11) is 0. The molecule has 1 aromatic rings. The van der Waals surface area contributed by atoms with Crippen LogP contribution in [0.4, 0.5) is 5.69 Å². The summed E-state index contributed by atoms with van der Waals surface area (Å²) < 4.78 is 1.91. The summed E-state index contributed by atoms with van der Waals surface area (Å²) in [4.78, 5) is 14.6. The number of hydrogen-bond donors (Lipinski definition) is 1. The zero-order chi connectivity index (χ0) is 13.3. The molecule has 100 valence electrons. The van der Waals surface area contributed by atoms with Gasteiger partial charge in [-0.25, -0.2) is 0 Å². The van der Waals surface area contributed by atoms with Gasteiger partial charge >= 0.3 is 0 Å². The lowest BCUT2D eigenvalue weighted by Crippen LogP contribution is -2.37. The number of aromatic nitrogens is 1. The lowest BCUT2D eigenvalue weighted by atomic mass is 10.0. The van der Waals surface area contributed by atoms with E-state index < -0.39 is 0 Å². The summed E-state index contributed by atoms with van der Waals surface area (Å²) in [6.45, 7) is 9.35. The molecule has 0 saturated heterocycles. The number of nitrogens with two attached hydrogens (primary N) is 1. The molecular formula is C14H23N3O. The van der Waals surface area contributed by atoms with Gasteiger partial charge in [0.25, 0.3) is 5.56 Å². The molecule has 1 atom stereocenters. The van der Waals surface area contributed by atoms with Crippen LogP contribution >= 0.6 is 0 Å². The normalized spacial score (nSPS) is 17.5. The van der Waals surface area contributed by atoms with Gasteiger partial charge < -0.3 is 10.3 Å². The predicted octanol–water partition coefficient (Wildman–Crippen LogP) is 1.78. The van der Waals surface area contributed by atoms with Crippen molar-refractivity contribution in [2.75, 3.05) is 18.8 Å². The van der Waals surface area contributed by atoms with Crippen LogP contribution in [0.3, 0.4) is 0 Å². The zero-order valence-corrected chi connectivity index (χ0v) is 11.6. The first-order chi connectivity index (χ1) is 8.58. The Labute approximate surface area is 108 Å². The number of anilines is 1. The average molecular weight is 249 g/mol. The number of nitrogens with zero attached hydrogens (tertiary/aromatic N) is 2. The first-order valence-electron chi connectivity index (χ1n) is 6.83. The molecule has 2 heterocycles. The van der Waals surface area contributed by atoms with E-state index in [0.717, 1.165) is 32.5 Å². The molecule has 4 nitrogen and oxygen atoms in total. The third kappa shape index (κ3) is 2.17. The van der Waals surface area contributed by atoms with Crippen LogP contribution in [0.1, 0.15) is 44.5 Å². The standard InChI is InChI=1S/C14H23N3O/c1-4-10(3)17-13-6-7-16(5-2)9-11(13)8-12(15)14(17)18/h8,10H,4-7,9,15H2,1-3H3. The number of nitrogen functional groups attached to an aromatic ring is 1. The minimum Gasteiger partial charge on any atom is -0.394 e. The van der Waals surface area contributed by atoms with Gasteiger partial charge in [-0.15, -0.1) is 0 Å². The van der Waals surface area contributed by atoms with Crippen LogP contribution in [-0.4, -0.2) is 22.6 Å². The van der Waals surface area contributed by atoms with Crippen LogP contribution in [0.5, 0.6) is 0 Å². The largest absolute Gasteiger partial charge is 0.394 e. The topological polar surface area (TPSA) is 51.3 Å². The third-order valence-electron chi connectivity index (χ3n) is 3.99. The SMILES string of the molecule is CCC(C)n1c2c(cc(N)c1=O)CN(CC)CC2. The van der Waals surface area contributed by atoms with Gasteiger partial charge in [-0.3, -0.25) is 9.69 Å². The van der Waals surface area contributed by atoms with Crippen molar-refractivity contribution in [3.05, 3.63) is 27.7 Å². The van der Waals surface area contributed by atoms with Gasteiger partial charge in [0.1, 0.15) is 0 Å². The van der Waals surface area contributed by atoms with E-state index in [9.17, 15) is 4.79 Å². The fourth-order valence-corrected chi connectivity index (χ4v) is 2.67. The number of pyridine rings is 1. The van der Waals surface area contributed by atoms with Crippen molar-refractivity contribution in [2.45, 2.75) is 46.2 Å². The molecule has 0 amide bonds. The van der Waals surface area contributed by atoms with Crippen molar-refractivity contribution in [3.63, 3.8) is 0 Å². The van der Waals surface area contributed by atoms with Gasteiger partial charge in [0.15, 0.2) is 0 Å². The smallest absolute Gasteiger partial charge is 0.274 e. The second-order valence-corrected chi connectivity index (χ2v) is 5.12. The lowest BCUT2D eigenvalue weighted by Gasteiger charge is -2.31. The predicted molar refractivity (Wildman–Crippen MR) is 74.8 cm³/mol. The van der Waals surface area contributed by atoms with Crippen LogP contribution in [0.15, 0.2) is 10.9 Å². The molecule has 1 aliphatic heterocycles. The molecule has 0 bridgehead atoms. The molecule has 0 aromatic carbocycles. The Hall–Kier alpha value is -1.29. The van der Waals surface area contributed by atoms with Crippen molar-refractivity contribution in [3.8, 4) is 0 Å². The van der Waals surface area contributed by atoms with Crippen molar-refractivity contribution >= 4 is 5.69 Å². The van der Waals surface area contributed by atoms with E-state index >= 15 is 0 Å². The molecule has 1 aromatic heterocycles. The summed E-state index contributed by atoms with van der Waals surface area (Å²) in [6, 6.07) is 2.10. The van der Waals surface area contributed by atoms with Crippen LogP contribution < -0.4 is 11.3 Å². The third-order valence-corrected chi connectivity index (χ3v) is 3.99. The van der Waals surface area contributed by atoms with Crippen LogP contribution in [0, 0.1) is 0 Å². The van der Waals surface area contributed by atoms with Gasteiger partial charge in [0, 0.05) is 31.2 Å². The van der Waals surface area contributed by atoms with E-state index in [0.29, 0.717) is 5.69 Å². The summed E-state index contributed by atoms with van der Waals surface area (Å²) in [5, 5.41) is 0. The maximum Gasteiger partial charge on any atom is 0.274 e. The van der Waals surface area contributed by atoms with Gasteiger partial charge in [0.2, 0.25) is 0 Å². The van der Waals surface area contributed by atoms with Gasteiger partial charge in [-0.1, -0.05) is 13.8 Å². The van der Waals surface area contributed by atoms with Crippen LogP contribution in [0.2, 0.25) is 0 Å².